The van der Waals surface area contributed by atoms with Gasteiger partial charge in [-0.25, -0.2) is 0 Å². The average molecular weight is 425 g/mol. The third-order valence-corrected chi connectivity index (χ3v) is 5.16. The van der Waals surface area contributed by atoms with Gasteiger partial charge in [-0.3, -0.25) is 4.79 Å². The molecule has 0 fully saturated rings. The molecule has 1 aromatic heterocycles. The summed E-state index contributed by atoms with van der Waals surface area (Å²) in [6.45, 7) is 1.86. The van der Waals surface area contributed by atoms with E-state index < -0.39 is 0 Å². The van der Waals surface area contributed by atoms with Crippen molar-refractivity contribution in [2.75, 3.05) is 11.1 Å². The summed E-state index contributed by atoms with van der Waals surface area (Å²) in [5.74, 6) is -0.197. The summed E-state index contributed by atoms with van der Waals surface area (Å²) in [6, 6.07) is 5.15. The molecule has 0 unspecified atom stereocenters. The standard InChI is InChI=1S/C12H9Br2ClN2OS/c1-5-2-8(16)7(15)4-9(5)17-12(18)6-3-10(13)19-11(6)14/h2-4H,16H2,1H3,(H,17,18). The zero-order chi connectivity index (χ0) is 14.2. The molecule has 0 aliphatic heterocycles. The van der Waals surface area contributed by atoms with Crippen molar-refractivity contribution in [2.45, 2.75) is 6.92 Å². The summed E-state index contributed by atoms with van der Waals surface area (Å²) in [6.07, 6.45) is 0. The highest BCUT2D eigenvalue weighted by atomic mass is 79.9. The third-order valence-electron chi connectivity index (χ3n) is 2.49. The van der Waals surface area contributed by atoms with E-state index in [1.54, 1.807) is 18.2 Å². The number of nitrogen functional groups attached to an aromatic ring is 1. The Morgan fingerprint density at radius 3 is 2.63 bits per heavy atom. The number of nitrogens with two attached hydrogens (primary N) is 1. The molecule has 0 saturated heterocycles. The van der Waals surface area contributed by atoms with E-state index in [4.69, 9.17) is 17.3 Å². The number of rotatable bonds is 2. The number of nitrogens with one attached hydrogen (secondary N) is 1. The average Bonchev–Trinajstić information content (AvgIpc) is 2.65. The molecule has 0 aliphatic carbocycles. The monoisotopic (exact) mass is 422 g/mol. The fraction of sp³-hybridized carbons (Fsp3) is 0.0833. The molecule has 0 radical (unpaired) electrons. The van der Waals surface area contributed by atoms with Crippen molar-refractivity contribution in [3.8, 4) is 0 Å². The molecule has 1 heterocycles. The van der Waals surface area contributed by atoms with Gasteiger partial charge in [0.15, 0.2) is 0 Å². The van der Waals surface area contributed by atoms with Gasteiger partial charge in [-0.1, -0.05) is 11.6 Å². The minimum atomic E-state index is -0.197. The van der Waals surface area contributed by atoms with Crippen molar-refractivity contribution >= 4 is 72.1 Å². The van der Waals surface area contributed by atoms with Gasteiger partial charge in [-0.2, -0.15) is 0 Å². The lowest BCUT2D eigenvalue weighted by Gasteiger charge is -2.10. The fourth-order valence-electron chi connectivity index (χ4n) is 1.52. The molecule has 2 rings (SSSR count). The zero-order valence-corrected chi connectivity index (χ0v) is 14.5. The van der Waals surface area contributed by atoms with Crippen LogP contribution in [-0.2, 0) is 0 Å². The first kappa shape index (κ1) is 14.8. The highest BCUT2D eigenvalue weighted by molar-refractivity contribution is 9.12. The second-order valence-corrected chi connectivity index (χ2v) is 8.04. The molecule has 100 valence electrons. The summed E-state index contributed by atoms with van der Waals surface area (Å²) < 4.78 is 1.66. The quantitative estimate of drug-likeness (QED) is 0.662. The molecular weight excluding hydrogens is 415 g/mol. The Hall–Kier alpha value is -0.560. The summed E-state index contributed by atoms with van der Waals surface area (Å²) in [5.41, 5.74) is 8.29. The lowest BCUT2D eigenvalue weighted by atomic mass is 10.1. The van der Waals surface area contributed by atoms with Crippen LogP contribution in [0.5, 0.6) is 0 Å². The van der Waals surface area contributed by atoms with Crippen LogP contribution in [0.4, 0.5) is 11.4 Å². The van der Waals surface area contributed by atoms with E-state index in [-0.39, 0.29) is 5.91 Å². The van der Waals surface area contributed by atoms with Crippen LogP contribution in [0.15, 0.2) is 25.8 Å². The number of thiophene rings is 1. The first-order valence-electron chi connectivity index (χ1n) is 5.20. The Balaban J connectivity index is 2.29. The van der Waals surface area contributed by atoms with Gasteiger partial charge in [0, 0.05) is 5.69 Å². The van der Waals surface area contributed by atoms with E-state index in [2.05, 4.69) is 37.2 Å². The van der Waals surface area contributed by atoms with Gasteiger partial charge in [-0.05, 0) is 62.5 Å². The molecule has 0 saturated carbocycles. The lowest BCUT2D eigenvalue weighted by molar-refractivity contribution is 0.102. The number of halogens is 3. The van der Waals surface area contributed by atoms with E-state index in [1.165, 1.54) is 11.3 Å². The Morgan fingerprint density at radius 2 is 2.05 bits per heavy atom. The predicted molar refractivity (Wildman–Crippen MR) is 88.3 cm³/mol. The number of benzene rings is 1. The van der Waals surface area contributed by atoms with Crippen molar-refractivity contribution in [3.05, 3.63) is 41.9 Å². The van der Waals surface area contributed by atoms with Gasteiger partial charge in [0.2, 0.25) is 0 Å². The fourth-order valence-corrected chi connectivity index (χ4v) is 4.48. The first-order chi connectivity index (χ1) is 8.88. The second-order valence-electron chi connectivity index (χ2n) is 3.88. The molecule has 3 nitrogen and oxygen atoms in total. The van der Waals surface area contributed by atoms with Crippen molar-refractivity contribution in [1.82, 2.24) is 0 Å². The highest BCUT2D eigenvalue weighted by Crippen LogP contribution is 2.33. The number of hydrogen-bond acceptors (Lipinski definition) is 3. The Morgan fingerprint density at radius 1 is 1.37 bits per heavy atom. The predicted octanol–water partition coefficient (Wildman–Crippen LogP) is 5.07. The Labute approximate surface area is 136 Å². The van der Waals surface area contributed by atoms with Gasteiger partial charge >= 0.3 is 0 Å². The number of carbonyl (C=O) groups is 1. The molecule has 0 atom stereocenters. The molecule has 1 aromatic carbocycles. The number of aryl methyl sites for hydroxylation is 1. The van der Waals surface area contributed by atoms with Gasteiger partial charge in [0.1, 0.15) is 0 Å². The molecule has 7 heteroatoms. The summed E-state index contributed by atoms with van der Waals surface area (Å²) >= 11 is 14.1. The maximum Gasteiger partial charge on any atom is 0.257 e. The van der Waals surface area contributed by atoms with Crippen LogP contribution in [0.1, 0.15) is 15.9 Å². The minimum Gasteiger partial charge on any atom is -0.398 e. The topological polar surface area (TPSA) is 55.1 Å². The van der Waals surface area contributed by atoms with Crippen molar-refractivity contribution in [1.29, 1.82) is 0 Å². The minimum absolute atomic E-state index is 0.197. The smallest absolute Gasteiger partial charge is 0.257 e. The van der Waals surface area contributed by atoms with Crippen molar-refractivity contribution < 1.29 is 4.79 Å². The first-order valence-corrected chi connectivity index (χ1v) is 7.98. The van der Waals surface area contributed by atoms with Crippen LogP contribution in [0.3, 0.4) is 0 Å². The van der Waals surface area contributed by atoms with Gasteiger partial charge < -0.3 is 11.1 Å². The summed E-state index contributed by atoms with van der Waals surface area (Å²) in [4.78, 5) is 12.2. The summed E-state index contributed by atoms with van der Waals surface area (Å²) in [7, 11) is 0. The van der Waals surface area contributed by atoms with E-state index >= 15 is 0 Å². The largest absolute Gasteiger partial charge is 0.398 e. The lowest BCUT2D eigenvalue weighted by Crippen LogP contribution is -2.12. The molecule has 0 bridgehead atoms. The Bertz CT molecular complexity index is 657. The van der Waals surface area contributed by atoms with Gasteiger partial charge in [-0.15, -0.1) is 11.3 Å². The number of hydrogen-bond donors (Lipinski definition) is 2. The van der Waals surface area contributed by atoms with E-state index in [0.29, 0.717) is 22.0 Å². The van der Waals surface area contributed by atoms with E-state index in [9.17, 15) is 4.79 Å². The summed E-state index contributed by atoms with van der Waals surface area (Å²) in [5, 5.41) is 3.25. The van der Waals surface area contributed by atoms with Crippen molar-refractivity contribution in [3.63, 3.8) is 0 Å². The molecule has 2 aromatic rings. The van der Waals surface area contributed by atoms with Crippen LogP contribution >= 0.6 is 54.8 Å². The molecule has 0 spiro atoms. The highest BCUT2D eigenvalue weighted by Gasteiger charge is 2.15. The third kappa shape index (κ3) is 3.31. The normalized spacial score (nSPS) is 10.5. The number of carbonyl (C=O) groups excluding carboxylic acids is 1. The maximum atomic E-state index is 12.2. The molecular formula is C12H9Br2ClN2OS. The second kappa shape index (κ2) is 5.83. The van der Waals surface area contributed by atoms with Crippen LogP contribution < -0.4 is 11.1 Å². The molecule has 3 N–H and O–H groups in total. The molecule has 1 amide bonds. The molecule has 19 heavy (non-hydrogen) atoms. The maximum absolute atomic E-state index is 12.2. The van der Waals surface area contributed by atoms with Crippen LogP contribution in [-0.4, -0.2) is 5.91 Å². The van der Waals surface area contributed by atoms with Gasteiger partial charge in [0.05, 0.1) is 23.8 Å². The SMILES string of the molecule is Cc1cc(N)c(Cl)cc1NC(=O)c1cc(Br)sc1Br. The zero-order valence-electron chi connectivity index (χ0n) is 9.76. The Kier molecular flexibility index (Phi) is 4.55. The van der Waals surface area contributed by atoms with E-state index in [0.717, 1.165) is 13.1 Å². The number of anilines is 2. The van der Waals surface area contributed by atoms with E-state index in [1.807, 2.05) is 6.92 Å². The van der Waals surface area contributed by atoms with Crippen molar-refractivity contribution in [2.24, 2.45) is 0 Å². The number of amides is 1. The van der Waals surface area contributed by atoms with Crippen LogP contribution in [0, 0.1) is 6.92 Å². The van der Waals surface area contributed by atoms with Crippen LogP contribution in [0.25, 0.3) is 0 Å². The van der Waals surface area contributed by atoms with Gasteiger partial charge in [0.25, 0.3) is 5.91 Å². The molecule has 0 aliphatic rings. The van der Waals surface area contributed by atoms with Crippen LogP contribution in [0.2, 0.25) is 5.02 Å².